The average molecular weight is 419 g/mol. The smallest absolute Gasteiger partial charge is 0.255 e. The van der Waals surface area contributed by atoms with Gasteiger partial charge in [-0.25, -0.2) is 15.0 Å². The molecular weight excluding hydrogens is 394 g/mol. The van der Waals surface area contributed by atoms with E-state index in [1.807, 2.05) is 37.1 Å². The number of hydrogen-bond acceptors (Lipinski definition) is 8. The van der Waals surface area contributed by atoms with Crippen LogP contribution in [-0.4, -0.2) is 63.7 Å². The highest BCUT2D eigenvalue weighted by Gasteiger charge is 2.27. The number of aryl methyl sites for hydroxylation is 1. The molecule has 0 saturated heterocycles. The van der Waals surface area contributed by atoms with Gasteiger partial charge in [0.05, 0.1) is 29.2 Å². The Labute approximate surface area is 180 Å². The highest BCUT2D eigenvalue weighted by Crippen LogP contribution is 2.37. The Balaban J connectivity index is 1.76. The fraction of sp³-hybridized carbons (Fsp3) is 0.318. The van der Waals surface area contributed by atoms with Crippen LogP contribution in [0.25, 0.3) is 11.5 Å². The van der Waals surface area contributed by atoms with E-state index in [0.717, 1.165) is 17.9 Å². The van der Waals surface area contributed by atoms with Crippen LogP contribution in [0.4, 0.5) is 17.2 Å². The van der Waals surface area contributed by atoms with Gasteiger partial charge in [0, 0.05) is 44.8 Å². The van der Waals surface area contributed by atoms with Gasteiger partial charge in [-0.1, -0.05) is 6.07 Å². The number of amides is 1. The molecule has 0 aliphatic carbocycles. The zero-order valence-corrected chi connectivity index (χ0v) is 17.8. The topological polar surface area (TPSA) is 107 Å². The molecule has 1 aliphatic heterocycles. The molecule has 0 fully saturated rings. The molecule has 0 aromatic carbocycles. The van der Waals surface area contributed by atoms with Crippen LogP contribution in [0.2, 0.25) is 0 Å². The van der Waals surface area contributed by atoms with Gasteiger partial charge in [0.2, 0.25) is 0 Å². The van der Waals surface area contributed by atoms with E-state index in [9.17, 15) is 9.90 Å². The van der Waals surface area contributed by atoms with Crippen molar-refractivity contribution in [3.8, 4) is 11.5 Å². The van der Waals surface area contributed by atoms with Crippen molar-refractivity contribution in [2.24, 2.45) is 0 Å². The number of aromatic nitrogens is 4. The predicted octanol–water partition coefficient (Wildman–Crippen LogP) is 1.94. The second-order valence-corrected chi connectivity index (χ2v) is 7.59. The molecule has 0 spiro atoms. The first kappa shape index (κ1) is 20.7. The van der Waals surface area contributed by atoms with Crippen molar-refractivity contribution in [3.63, 3.8) is 0 Å². The third-order valence-electron chi connectivity index (χ3n) is 5.08. The number of aliphatic hydroxyl groups excluding tert-OH is 1. The third-order valence-corrected chi connectivity index (χ3v) is 5.08. The van der Waals surface area contributed by atoms with Crippen LogP contribution in [0.1, 0.15) is 23.0 Å². The summed E-state index contributed by atoms with van der Waals surface area (Å²) < 4.78 is 0. The second-order valence-electron chi connectivity index (χ2n) is 7.59. The first-order valence-corrected chi connectivity index (χ1v) is 10.1. The molecule has 31 heavy (non-hydrogen) atoms. The van der Waals surface area contributed by atoms with Gasteiger partial charge < -0.3 is 20.2 Å². The minimum absolute atomic E-state index is 0.165. The summed E-state index contributed by atoms with van der Waals surface area (Å²) >= 11 is 0. The lowest BCUT2D eigenvalue weighted by molar-refractivity contribution is 0.0924. The lowest BCUT2D eigenvalue weighted by Gasteiger charge is -2.36. The summed E-state index contributed by atoms with van der Waals surface area (Å²) in [5.74, 6) is 0.939. The lowest BCUT2D eigenvalue weighted by Crippen LogP contribution is -2.39. The number of rotatable bonds is 5. The highest BCUT2D eigenvalue weighted by molar-refractivity contribution is 6.00. The van der Waals surface area contributed by atoms with Gasteiger partial charge >= 0.3 is 0 Å². The summed E-state index contributed by atoms with van der Waals surface area (Å²) in [5, 5.41) is 12.3. The van der Waals surface area contributed by atoms with Gasteiger partial charge in [0.25, 0.3) is 5.91 Å². The second kappa shape index (κ2) is 8.65. The largest absolute Gasteiger partial charge is 0.392 e. The molecule has 0 radical (unpaired) electrons. The number of nitrogens with zero attached hydrogens (tertiary/aromatic N) is 6. The van der Waals surface area contributed by atoms with Crippen LogP contribution >= 0.6 is 0 Å². The van der Waals surface area contributed by atoms with Gasteiger partial charge in [0.15, 0.2) is 11.6 Å². The van der Waals surface area contributed by atoms with Gasteiger partial charge in [-0.2, -0.15) is 0 Å². The van der Waals surface area contributed by atoms with Gasteiger partial charge in [-0.15, -0.1) is 0 Å². The lowest BCUT2D eigenvalue weighted by atomic mass is 10.1. The SMILES string of the molecule is Cc1cccc(-c2ncc3c(n2)N(c2ccncc2C(=O)NCC(C)O)CCN3C)n1. The summed E-state index contributed by atoms with van der Waals surface area (Å²) in [4.78, 5) is 34.9. The normalized spacial score (nSPS) is 14.2. The van der Waals surface area contributed by atoms with Crippen molar-refractivity contribution in [2.75, 3.05) is 36.5 Å². The Morgan fingerprint density at radius 3 is 2.81 bits per heavy atom. The molecule has 4 rings (SSSR count). The fourth-order valence-electron chi connectivity index (χ4n) is 3.47. The summed E-state index contributed by atoms with van der Waals surface area (Å²) in [7, 11) is 1.99. The molecule has 9 heteroatoms. The molecule has 160 valence electrons. The Kier molecular flexibility index (Phi) is 5.77. The highest BCUT2D eigenvalue weighted by atomic mass is 16.3. The van der Waals surface area contributed by atoms with E-state index in [1.54, 1.807) is 25.4 Å². The van der Waals surface area contributed by atoms with E-state index in [1.165, 1.54) is 6.20 Å². The molecule has 1 atom stereocenters. The molecule has 1 unspecified atom stereocenters. The van der Waals surface area contributed by atoms with Crippen LogP contribution in [0.3, 0.4) is 0 Å². The number of likely N-dealkylation sites (N-methyl/N-ethyl adjacent to an activating group) is 1. The molecule has 1 aliphatic rings. The maximum atomic E-state index is 12.8. The predicted molar refractivity (Wildman–Crippen MR) is 119 cm³/mol. The van der Waals surface area contributed by atoms with Crippen LogP contribution in [-0.2, 0) is 0 Å². The standard InChI is InChI=1S/C22H25N7O2/c1-14-5-4-6-17(26-14)20-24-13-19-21(27-20)29(10-9-28(19)3)18-7-8-23-12-16(18)22(31)25-11-15(2)30/h4-8,12-13,15,30H,9-11H2,1-3H3,(H,25,31). The Morgan fingerprint density at radius 1 is 1.19 bits per heavy atom. The summed E-state index contributed by atoms with van der Waals surface area (Å²) in [6.07, 6.45) is 4.35. The number of carbonyl (C=O) groups excluding carboxylic acids is 1. The Hall–Kier alpha value is -3.59. The number of hydrogen-bond donors (Lipinski definition) is 2. The van der Waals surface area contributed by atoms with E-state index in [4.69, 9.17) is 4.98 Å². The van der Waals surface area contributed by atoms with Crippen molar-refractivity contribution in [2.45, 2.75) is 20.0 Å². The van der Waals surface area contributed by atoms with Crippen molar-refractivity contribution >= 4 is 23.1 Å². The average Bonchev–Trinajstić information content (AvgIpc) is 2.77. The molecule has 4 heterocycles. The first-order chi connectivity index (χ1) is 14.9. The van der Waals surface area contributed by atoms with Gasteiger partial charge in [-0.05, 0) is 32.0 Å². The van der Waals surface area contributed by atoms with Crippen molar-refractivity contribution in [3.05, 3.63) is 54.1 Å². The summed E-state index contributed by atoms with van der Waals surface area (Å²) in [5.41, 5.74) is 3.58. The molecule has 1 amide bonds. The number of fused-ring (bicyclic) bond motifs is 1. The quantitative estimate of drug-likeness (QED) is 0.646. The minimum Gasteiger partial charge on any atom is -0.392 e. The monoisotopic (exact) mass is 419 g/mol. The molecule has 3 aromatic rings. The summed E-state index contributed by atoms with van der Waals surface area (Å²) in [6, 6.07) is 7.54. The van der Waals surface area contributed by atoms with E-state index < -0.39 is 6.10 Å². The Morgan fingerprint density at radius 2 is 2.03 bits per heavy atom. The van der Waals surface area contributed by atoms with E-state index in [-0.39, 0.29) is 12.5 Å². The number of carbonyl (C=O) groups is 1. The summed E-state index contributed by atoms with van der Waals surface area (Å²) in [6.45, 7) is 5.10. The molecule has 0 bridgehead atoms. The van der Waals surface area contributed by atoms with Crippen LogP contribution in [0, 0.1) is 6.92 Å². The maximum absolute atomic E-state index is 12.8. The molecule has 0 saturated carbocycles. The third kappa shape index (κ3) is 4.31. The molecule has 2 N–H and O–H groups in total. The van der Waals surface area contributed by atoms with Crippen molar-refractivity contribution < 1.29 is 9.90 Å². The van der Waals surface area contributed by atoms with E-state index in [0.29, 0.717) is 35.1 Å². The van der Waals surface area contributed by atoms with E-state index in [2.05, 4.69) is 25.2 Å². The number of nitrogens with one attached hydrogen (secondary N) is 1. The minimum atomic E-state index is -0.634. The van der Waals surface area contributed by atoms with Gasteiger partial charge in [0.1, 0.15) is 5.69 Å². The van der Waals surface area contributed by atoms with Crippen molar-refractivity contribution in [1.29, 1.82) is 0 Å². The molecular formula is C22H25N7O2. The van der Waals surface area contributed by atoms with Crippen LogP contribution in [0.5, 0.6) is 0 Å². The molecule has 9 nitrogen and oxygen atoms in total. The zero-order chi connectivity index (χ0) is 22.0. The van der Waals surface area contributed by atoms with Crippen LogP contribution < -0.4 is 15.1 Å². The van der Waals surface area contributed by atoms with Crippen LogP contribution in [0.15, 0.2) is 42.9 Å². The van der Waals surface area contributed by atoms with E-state index >= 15 is 0 Å². The molecule has 3 aromatic heterocycles. The maximum Gasteiger partial charge on any atom is 0.255 e. The number of aliphatic hydroxyl groups is 1. The first-order valence-electron chi connectivity index (χ1n) is 10.1. The van der Waals surface area contributed by atoms with Crippen molar-refractivity contribution in [1.82, 2.24) is 25.3 Å². The fourth-order valence-corrected chi connectivity index (χ4v) is 3.47. The number of pyridine rings is 2. The van der Waals surface area contributed by atoms with Gasteiger partial charge in [-0.3, -0.25) is 9.78 Å². The zero-order valence-electron chi connectivity index (χ0n) is 17.8. The Bertz CT molecular complexity index is 1100. The number of anilines is 3.